The van der Waals surface area contributed by atoms with Crippen molar-refractivity contribution >= 4 is 9.84 Å². The Hall–Kier alpha value is -0.900. The lowest BCUT2D eigenvalue weighted by molar-refractivity contribution is 0.586. The summed E-state index contributed by atoms with van der Waals surface area (Å²) in [5.74, 6) is 0.450. The van der Waals surface area contributed by atoms with Gasteiger partial charge in [-0.05, 0) is 31.4 Å². The van der Waals surface area contributed by atoms with Crippen molar-refractivity contribution in [2.75, 3.05) is 0 Å². The monoisotopic (exact) mass is 241 g/mol. The van der Waals surface area contributed by atoms with Crippen LogP contribution in [0, 0.1) is 0 Å². The van der Waals surface area contributed by atoms with Crippen molar-refractivity contribution in [3.05, 3.63) is 29.6 Å². The Bertz CT molecular complexity index is 433. The maximum Gasteiger partial charge on any atom is 0.156 e. The molecule has 0 aliphatic carbocycles. The molecule has 4 heteroatoms. The van der Waals surface area contributed by atoms with Crippen LogP contribution in [0.4, 0.5) is 0 Å². The summed E-state index contributed by atoms with van der Waals surface area (Å²) in [7, 11) is -3.02. The summed E-state index contributed by atoms with van der Waals surface area (Å²) < 4.78 is 23.4. The van der Waals surface area contributed by atoms with Crippen LogP contribution < -0.4 is 0 Å². The van der Waals surface area contributed by atoms with Crippen LogP contribution in [0.1, 0.15) is 44.9 Å². The summed E-state index contributed by atoms with van der Waals surface area (Å²) in [5, 5.41) is -0.336. The highest BCUT2D eigenvalue weighted by molar-refractivity contribution is 7.91. The Balaban J connectivity index is 2.85. The van der Waals surface area contributed by atoms with Crippen molar-refractivity contribution in [2.45, 2.75) is 44.6 Å². The van der Waals surface area contributed by atoms with Crippen LogP contribution in [0.15, 0.2) is 18.3 Å². The van der Waals surface area contributed by atoms with E-state index >= 15 is 0 Å². The van der Waals surface area contributed by atoms with Gasteiger partial charge in [0.15, 0.2) is 9.84 Å². The number of pyridine rings is 1. The van der Waals surface area contributed by atoms with Crippen LogP contribution in [0.2, 0.25) is 0 Å². The Kier molecular flexibility index (Phi) is 4.08. The molecule has 0 fully saturated rings. The van der Waals surface area contributed by atoms with Gasteiger partial charge in [-0.25, -0.2) is 8.42 Å². The highest BCUT2D eigenvalue weighted by Gasteiger charge is 2.16. The normalized spacial score (nSPS) is 12.4. The number of rotatable bonds is 4. The second-order valence-corrected chi connectivity index (χ2v) is 7.16. The molecule has 0 bridgehead atoms. The van der Waals surface area contributed by atoms with Gasteiger partial charge in [0.25, 0.3) is 0 Å². The molecule has 1 heterocycles. The summed E-state index contributed by atoms with van der Waals surface area (Å²) in [5.41, 5.74) is 1.75. The zero-order chi connectivity index (χ0) is 12.3. The Morgan fingerprint density at radius 1 is 1.19 bits per heavy atom. The molecule has 0 amide bonds. The molecule has 3 nitrogen and oxygen atoms in total. The van der Waals surface area contributed by atoms with Gasteiger partial charge in [0.05, 0.1) is 11.0 Å². The lowest BCUT2D eigenvalue weighted by Crippen LogP contribution is -2.16. The van der Waals surface area contributed by atoms with E-state index in [4.69, 9.17) is 0 Å². The van der Waals surface area contributed by atoms with Crippen LogP contribution >= 0.6 is 0 Å². The molecule has 0 unspecified atom stereocenters. The average Bonchev–Trinajstić information content (AvgIpc) is 2.17. The van der Waals surface area contributed by atoms with Gasteiger partial charge >= 0.3 is 0 Å². The molecule has 0 N–H and O–H groups in total. The van der Waals surface area contributed by atoms with E-state index < -0.39 is 9.84 Å². The van der Waals surface area contributed by atoms with Crippen LogP contribution in [0.5, 0.6) is 0 Å². The molecule has 1 aromatic rings. The Labute approximate surface area is 97.8 Å². The minimum atomic E-state index is -3.02. The third kappa shape index (κ3) is 3.30. The van der Waals surface area contributed by atoms with Crippen LogP contribution in [0.25, 0.3) is 0 Å². The third-order valence-corrected chi connectivity index (χ3v) is 4.70. The molecule has 90 valence electrons. The second-order valence-electron chi connectivity index (χ2n) is 4.60. The van der Waals surface area contributed by atoms with E-state index in [1.165, 1.54) is 0 Å². The van der Waals surface area contributed by atoms with Crippen LogP contribution in [-0.2, 0) is 15.6 Å². The molecule has 0 saturated heterocycles. The number of sulfone groups is 1. The van der Waals surface area contributed by atoms with Crippen molar-refractivity contribution < 1.29 is 8.42 Å². The minimum absolute atomic E-state index is 0.0794. The molecule has 0 aromatic carbocycles. The van der Waals surface area contributed by atoms with E-state index in [9.17, 15) is 8.42 Å². The van der Waals surface area contributed by atoms with Gasteiger partial charge in [0.1, 0.15) is 0 Å². The summed E-state index contributed by atoms with van der Waals surface area (Å²) in [4.78, 5) is 4.26. The van der Waals surface area contributed by atoms with Gasteiger partial charge in [-0.1, -0.05) is 19.9 Å². The molecule has 0 aliphatic heterocycles. The van der Waals surface area contributed by atoms with Crippen molar-refractivity contribution in [2.24, 2.45) is 0 Å². The van der Waals surface area contributed by atoms with E-state index in [1.807, 2.05) is 12.1 Å². The first-order valence-corrected chi connectivity index (χ1v) is 7.21. The SMILES string of the molecule is CC(C)c1ccc(CS(=O)(=O)C(C)C)cn1. The lowest BCUT2D eigenvalue weighted by atomic mass is 10.1. The second kappa shape index (κ2) is 4.95. The van der Waals surface area contributed by atoms with E-state index in [0.717, 1.165) is 11.3 Å². The number of hydrogen-bond acceptors (Lipinski definition) is 3. The molecule has 0 aliphatic rings. The quantitative estimate of drug-likeness (QED) is 0.813. The van der Waals surface area contributed by atoms with Gasteiger partial charge in [-0.2, -0.15) is 0 Å². The number of aromatic nitrogens is 1. The summed E-state index contributed by atoms with van der Waals surface area (Å²) in [6, 6.07) is 3.75. The molecule has 1 rings (SSSR count). The van der Waals surface area contributed by atoms with E-state index in [1.54, 1.807) is 20.0 Å². The zero-order valence-corrected chi connectivity index (χ0v) is 11.1. The number of hydrogen-bond donors (Lipinski definition) is 0. The van der Waals surface area contributed by atoms with E-state index in [2.05, 4.69) is 18.8 Å². The van der Waals surface area contributed by atoms with E-state index in [-0.39, 0.29) is 11.0 Å². The standard InChI is InChI=1S/C12H19NO2S/c1-9(2)12-6-5-11(7-13-12)8-16(14,15)10(3)4/h5-7,9-10H,8H2,1-4H3. The van der Waals surface area contributed by atoms with Crippen molar-refractivity contribution in [1.82, 2.24) is 4.98 Å². The maximum atomic E-state index is 11.7. The largest absolute Gasteiger partial charge is 0.261 e. The van der Waals surface area contributed by atoms with Crippen molar-refractivity contribution in [1.29, 1.82) is 0 Å². The molecule has 0 spiro atoms. The predicted molar refractivity (Wildman–Crippen MR) is 66.1 cm³/mol. The van der Waals surface area contributed by atoms with Gasteiger partial charge in [0.2, 0.25) is 0 Å². The fraction of sp³-hybridized carbons (Fsp3) is 0.583. The predicted octanol–water partition coefficient (Wildman–Crippen LogP) is 2.53. The summed E-state index contributed by atoms with van der Waals surface area (Å²) >= 11 is 0. The van der Waals surface area contributed by atoms with Gasteiger partial charge in [0, 0.05) is 11.9 Å². The highest BCUT2D eigenvalue weighted by Crippen LogP contribution is 2.14. The molecular weight excluding hydrogens is 222 g/mol. The van der Waals surface area contributed by atoms with Crippen LogP contribution in [-0.4, -0.2) is 18.7 Å². The summed E-state index contributed by atoms with van der Waals surface area (Å²) in [6.07, 6.45) is 1.66. The van der Waals surface area contributed by atoms with Crippen molar-refractivity contribution in [3.63, 3.8) is 0 Å². The van der Waals surface area contributed by atoms with Gasteiger partial charge < -0.3 is 0 Å². The summed E-state index contributed by atoms with van der Waals surface area (Å²) in [6.45, 7) is 7.52. The first kappa shape index (κ1) is 13.2. The molecular formula is C12H19NO2S. The van der Waals surface area contributed by atoms with Crippen LogP contribution in [0.3, 0.4) is 0 Å². The fourth-order valence-electron chi connectivity index (χ4n) is 1.26. The molecule has 0 atom stereocenters. The third-order valence-electron chi connectivity index (χ3n) is 2.53. The lowest BCUT2D eigenvalue weighted by Gasteiger charge is -2.08. The maximum absolute atomic E-state index is 11.7. The molecule has 16 heavy (non-hydrogen) atoms. The topological polar surface area (TPSA) is 47.0 Å². The smallest absolute Gasteiger partial charge is 0.156 e. The first-order valence-electron chi connectivity index (χ1n) is 5.49. The molecule has 0 radical (unpaired) electrons. The van der Waals surface area contributed by atoms with Crippen molar-refractivity contribution in [3.8, 4) is 0 Å². The van der Waals surface area contributed by atoms with Gasteiger partial charge in [-0.3, -0.25) is 4.98 Å². The molecule has 0 saturated carbocycles. The zero-order valence-electron chi connectivity index (χ0n) is 10.3. The minimum Gasteiger partial charge on any atom is -0.261 e. The van der Waals surface area contributed by atoms with Gasteiger partial charge in [-0.15, -0.1) is 0 Å². The Morgan fingerprint density at radius 3 is 2.19 bits per heavy atom. The first-order chi connectivity index (χ1) is 7.33. The molecule has 1 aromatic heterocycles. The average molecular weight is 241 g/mol. The number of nitrogens with zero attached hydrogens (tertiary/aromatic N) is 1. The van der Waals surface area contributed by atoms with E-state index in [0.29, 0.717) is 5.92 Å². The highest BCUT2D eigenvalue weighted by atomic mass is 32.2. The Morgan fingerprint density at radius 2 is 1.81 bits per heavy atom. The fourth-order valence-corrected chi connectivity index (χ4v) is 2.23.